The third-order valence-electron chi connectivity index (χ3n) is 2.21. The minimum absolute atomic E-state index is 0.245. The second-order valence-electron chi connectivity index (χ2n) is 3.79. The van der Waals surface area contributed by atoms with Gasteiger partial charge in [0, 0.05) is 25.9 Å². The van der Waals surface area contributed by atoms with Gasteiger partial charge in [0.25, 0.3) is 0 Å². The van der Waals surface area contributed by atoms with Crippen LogP contribution >= 0.6 is 0 Å². The SMILES string of the molecule is COC(=O)CCCCNC(=O)NCCCC(N)=O. The summed E-state index contributed by atoms with van der Waals surface area (Å²) >= 11 is 0. The highest BCUT2D eigenvalue weighted by atomic mass is 16.5. The Morgan fingerprint density at radius 1 is 1.00 bits per heavy atom. The van der Waals surface area contributed by atoms with E-state index in [1.165, 1.54) is 7.11 Å². The molecule has 0 saturated heterocycles. The Morgan fingerprint density at radius 3 is 2.17 bits per heavy atom. The summed E-state index contributed by atoms with van der Waals surface area (Å²) in [7, 11) is 1.35. The number of ether oxygens (including phenoxy) is 1. The minimum atomic E-state index is -0.375. The fourth-order valence-corrected chi connectivity index (χ4v) is 1.23. The van der Waals surface area contributed by atoms with Crippen LogP contribution in [0.15, 0.2) is 0 Å². The van der Waals surface area contributed by atoms with Crippen LogP contribution in [0.3, 0.4) is 0 Å². The van der Waals surface area contributed by atoms with E-state index in [9.17, 15) is 14.4 Å². The van der Waals surface area contributed by atoms with Crippen molar-refractivity contribution in [1.82, 2.24) is 10.6 Å². The molecule has 0 saturated carbocycles. The van der Waals surface area contributed by atoms with Crippen molar-refractivity contribution in [2.45, 2.75) is 32.1 Å². The van der Waals surface area contributed by atoms with Gasteiger partial charge in [-0.25, -0.2) is 4.79 Å². The number of amides is 3. The van der Waals surface area contributed by atoms with Crippen LogP contribution in [0.25, 0.3) is 0 Å². The molecule has 18 heavy (non-hydrogen) atoms. The number of hydrogen-bond donors (Lipinski definition) is 3. The van der Waals surface area contributed by atoms with Crippen molar-refractivity contribution in [2.75, 3.05) is 20.2 Å². The van der Waals surface area contributed by atoms with Crippen LogP contribution in [0.5, 0.6) is 0 Å². The van der Waals surface area contributed by atoms with E-state index >= 15 is 0 Å². The summed E-state index contributed by atoms with van der Waals surface area (Å²) in [6.07, 6.45) is 2.54. The molecule has 0 aliphatic rings. The maximum absolute atomic E-state index is 11.2. The number of esters is 1. The van der Waals surface area contributed by atoms with E-state index in [-0.39, 0.29) is 24.3 Å². The van der Waals surface area contributed by atoms with Gasteiger partial charge in [-0.2, -0.15) is 0 Å². The molecule has 0 aromatic carbocycles. The van der Waals surface area contributed by atoms with E-state index in [4.69, 9.17) is 5.73 Å². The molecule has 0 bridgehead atoms. The fourth-order valence-electron chi connectivity index (χ4n) is 1.23. The molecule has 7 heteroatoms. The predicted octanol–water partition coefficient (Wildman–Crippen LogP) is -0.106. The first-order valence-corrected chi connectivity index (χ1v) is 5.93. The number of carbonyl (C=O) groups excluding carboxylic acids is 3. The molecule has 0 heterocycles. The van der Waals surface area contributed by atoms with Gasteiger partial charge in [0.05, 0.1) is 7.11 Å². The van der Waals surface area contributed by atoms with Gasteiger partial charge >= 0.3 is 12.0 Å². The molecule has 0 aliphatic carbocycles. The number of nitrogens with one attached hydrogen (secondary N) is 2. The number of rotatable bonds is 9. The molecule has 0 spiro atoms. The van der Waals surface area contributed by atoms with Crippen molar-refractivity contribution in [3.63, 3.8) is 0 Å². The average Bonchev–Trinajstić information content (AvgIpc) is 2.33. The molecule has 4 N–H and O–H groups in total. The number of urea groups is 1. The third kappa shape index (κ3) is 10.7. The molecule has 7 nitrogen and oxygen atoms in total. The Kier molecular flexibility index (Phi) is 9.34. The second-order valence-corrected chi connectivity index (χ2v) is 3.79. The normalized spacial score (nSPS) is 9.61. The molecule has 3 amide bonds. The largest absolute Gasteiger partial charge is 0.469 e. The Balaban J connectivity index is 3.32. The summed E-state index contributed by atoms with van der Waals surface area (Å²) in [6, 6.07) is -0.280. The van der Waals surface area contributed by atoms with Gasteiger partial charge in [0.15, 0.2) is 0 Å². The third-order valence-corrected chi connectivity index (χ3v) is 2.21. The lowest BCUT2D eigenvalue weighted by molar-refractivity contribution is -0.140. The summed E-state index contributed by atoms with van der Waals surface area (Å²) in [5.74, 6) is -0.620. The maximum Gasteiger partial charge on any atom is 0.314 e. The van der Waals surface area contributed by atoms with Crippen LogP contribution in [-0.2, 0) is 14.3 Å². The molecule has 0 atom stereocenters. The van der Waals surface area contributed by atoms with Crippen molar-refractivity contribution in [3.05, 3.63) is 0 Å². The van der Waals surface area contributed by atoms with E-state index in [1.54, 1.807) is 0 Å². The van der Waals surface area contributed by atoms with Gasteiger partial charge < -0.3 is 21.1 Å². The second kappa shape index (κ2) is 10.4. The standard InChI is InChI=1S/C11H21N3O4/c1-18-10(16)6-2-3-7-13-11(17)14-8-4-5-9(12)15/h2-8H2,1H3,(H2,12,15)(H2,13,14,17). The monoisotopic (exact) mass is 259 g/mol. The summed E-state index contributed by atoms with van der Waals surface area (Å²) in [5, 5.41) is 5.24. The van der Waals surface area contributed by atoms with Gasteiger partial charge in [-0.1, -0.05) is 0 Å². The first kappa shape index (κ1) is 16.2. The molecular weight excluding hydrogens is 238 g/mol. The first-order chi connectivity index (χ1) is 8.56. The van der Waals surface area contributed by atoms with Crippen molar-refractivity contribution in [2.24, 2.45) is 5.73 Å². The number of unbranched alkanes of at least 4 members (excludes halogenated alkanes) is 1. The zero-order chi connectivity index (χ0) is 13.8. The van der Waals surface area contributed by atoms with E-state index in [0.29, 0.717) is 38.8 Å². The number of primary amides is 1. The highest BCUT2D eigenvalue weighted by Crippen LogP contribution is 1.95. The predicted molar refractivity (Wildman–Crippen MR) is 65.7 cm³/mol. The van der Waals surface area contributed by atoms with Crippen LogP contribution in [0.1, 0.15) is 32.1 Å². The zero-order valence-corrected chi connectivity index (χ0v) is 10.7. The van der Waals surface area contributed by atoms with Crippen molar-refractivity contribution >= 4 is 17.9 Å². The van der Waals surface area contributed by atoms with Gasteiger partial charge in [-0.3, -0.25) is 9.59 Å². The minimum Gasteiger partial charge on any atom is -0.469 e. The van der Waals surface area contributed by atoms with Crippen LogP contribution in [0.2, 0.25) is 0 Å². The lowest BCUT2D eigenvalue weighted by atomic mass is 10.2. The number of carbonyl (C=O) groups is 3. The summed E-state index contributed by atoms with van der Waals surface area (Å²) < 4.78 is 4.49. The highest BCUT2D eigenvalue weighted by Gasteiger charge is 2.01. The topological polar surface area (TPSA) is 111 Å². The number of hydrogen-bond acceptors (Lipinski definition) is 4. The zero-order valence-electron chi connectivity index (χ0n) is 10.7. The van der Waals surface area contributed by atoms with E-state index in [0.717, 1.165) is 0 Å². The molecule has 0 aromatic rings. The molecule has 0 rings (SSSR count). The first-order valence-electron chi connectivity index (χ1n) is 5.93. The average molecular weight is 259 g/mol. The maximum atomic E-state index is 11.2. The van der Waals surface area contributed by atoms with Crippen LogP contribution in [-0.4, -0.2) is 38.1 Å². The van der Waals surface area contributed by atoms with E-state index < -0.39 is 0 Å². The summed E-state index contributed by atoms with van der Waals surface area (Å²) in [4.78, 5) is 32.4. The Morgan fingerprint density at radius 2 is 1.61 bits per heavy atom. The summed E-state index contributed by atoms with van der Waals surface area (Å²) in [6.45, 7) is 0.912. The van der Waals surface area contributed by atoms with Gasteiger partial charge in [0.2, 0.25) is 5.91 Å². The van der Waals surface area contributed by atoms with Crippen molar-refractivity contribution in [3.8, 4) is 0 Å². The molecule has 0 aromatic heterocycles. The van der Waals surface area contributed by atoms with E-state index in [1.807, 2.05) is 0 Å². The molecule has 104 valence electrons. The lowest BCUT2D eigenvalue weighted by Gasteiger charge is -2.06. The molecule has 0 radical (unpaired) electrons. The van der Waals surface area contributed by atoms with Crippen molar-refractivity contribution < 1.29 is 19.1 Å². The van der Waals surface area contributed by atoms with Crippen LogP contribution < -0.4 is 16.4 Å². The van der Waals surface area contributed by atoms with Crippen LogP contribution in [0.4, 0.5) is 4.79 Å². The van der Waals surface area contributed by atoms with Crippen molar-refractivity contribution in [1.29, 1.82) is 0 Å². The Labute approximate surface area is 106 Å². The quantitative estimate of drug-likeness (QED) is 0.396. The Bertz CT molecular complexity index is 281. The smallest absolute Gasteiger partial charge is 0.314 e. The fraction of sp³-hybridized carbons (Fsp3) is 0.727. The highest BCUT2D eigenvalue weighted by molar-refractivity contribution is 5.75. The molecule has 0 fully saturated rings. The summed E-state index contributed by atoms with van der Waals surface area (Å²) in [5.41, 5.74) is 4.95. The lowest BCUT2D eigenvalue weighted by Crippen LogP contribution is -2.36. The van der Waals surface area contributed by atoms with Crippen LogP contribution in [0, 0.1) is 0 Å². The number of methoxy groups -OCH3 is 1. The molecule has 0 unspecified atom stereocenters. The van der Waals surface area contributed by atoms with E-state index in [2.05, 4.69) is 15.4 Å². The van der Waals surface area contributed by atoms with Gasteiger partial charge in [-0.15, -0.1) is 0 Å². The number of nitrogens with two attached hydrogens (primary N) is 1. The molecule has 0 aliphatic heterocycles. The molecular formula is C11H21N3O4. The van der Waals surface area contributed by atoms with Gasteiger partial charge in [-0.05, 0) is 19.3 Å². The Hall–Kier alpha value is -1.79. The van der Waals surface area contributed by atoms with Gasteiger partial charge in [0.1, 0.15) is 0 Å².